The Hall–Kier alpha value is -10.0. The van der Waals surface area contributed by atoms with Gasteiger partial charge in [0, 0.05) is 87.5 Å². The predicted octanol–water partition coefficient (Wildman–Crippen LogP) is 11.1. The van der Waals surface area contributed by atoms with Gasteiger partial charge >= 0.3 is 0 Å². The van der Waals surface area contributed by atoms with Gasteiger partial charge in [-0.25, -0.2) is 22.0 Å². The second kappa shape index (κ2) is 32.1. The zero-order valence-electron chi connectivity index (χ0n) is 47.1. The molecule has 23 heteroatoms. The first kappa shape index (κ1) is 66.5. The van der Waals surface area contributed by atoms with Crippen molar-refractivity contribution < 1.29 is 46.7 Å². The monoisotopic (exact) mass is 1350 g/mol. The summed E-state index contributed by atoms with van der Waals surface area (Å²) >= 11 is 7.88. The minimum Gasteiger partial charge on any atom is -0.494 e. The van der Waals surface area contributed by atoms with Crippen LogP contribution in [0.3, 0.4) is 0 Å². The summed E-state index contributed by atoms with van der Waals surface area (Å²) in [7, 11) is 2.89. The molecule has 0 unspecified atom stereocenters. The molecule has 0 aliphatic heterocycles. The number of aromatic amines is 1. The molecule has 0 fully saturated rings. The molecule has 16 nitrogen and oxygen atoms in total. The number of ether oxygens (including phenoxy) is 2. The van der Waals surface area contributed by atoms with Gasteiger partial charge in [0.05, 0.1) is 33.0 Å². The van der Waals surface area contributed by atoms with E-state index in [1.165, 1.54) is 67.9 Å². The van der Waals surface area contributed by atoms with Crippen molar-refractivity contribution in [3.63, 3.8) is 0 Å². The van der Waals surface area contributed by atoms with Crippen LogP contribution >= 0.6 is 34.2 Å². The molecule has 89 heavy (non-hydrogen) atoms. The molecule has 0 atom stereocenters. The second-order valence-electron chi connectivity index (χ2n) is 18.7. The SMILES string of the molecule is COc1cccc(OC)c1-n1c(-c2ccc(F)cc2)nc(O)c(Cc2ccc(-n3cc(F)ccc3=O)cc2)c1=O.O=c1ccc(F)c[nH]1.O=c1ccc(F)cn1-c1ccc(CCl)cc1.O=c1ccc(F)cn1-c1ccc(CO)cc1.OCc1ccc(I)cc1. The van der Waals surface area contributed by atoms with Gasteiger partial charge in [0.2, 0.25) is 11.4 Å². The number of methoxy groups -OCH3 is 2. The topological polar surface area (TPSA) is 213 Å². The van der Waals surface area contributed by atoms with Crippen LogP contribution in [0.1, 0.15) is 27.8 Å². The summed E-state index contributed by atoms with van der Waals surface area (Å²) < 4.78 is 82.4. The van der Waals surface area contributed by atoms with Crippen LogP contribution in [0.4, 0.5) is 22.0 Å². The summed E-state index contributed by atoms with van der Waals surface area (Å²) in [4.78, 5) is 65.9. The molecule has 0 aliphatic rings. The third-order valence-electron chi connectivity index (χ3n) is 12.7. The first-order valence-electron chi connectivity index (χ1n) is 26.4. The van der Waals surface area contributed by atoms with Crippen LogP contribution in [0.25, 0.3) is 34.1 Å². The number of aliphatic hydroxyl groups excluding tert-OH is 2. The Labute approximate surface area is 522 Å². The number of H-pyrrole nitrogens is 1. The Kier molecular flexibility index (Phi) is 24.0. The Morgan fingerprint density at radius 1 is 0.506 bits per heavy atom. The molecule has 0 spiro atoms. The van der Waals surface area contributed by atoms with Crippen LogP contribution in [0, 0.1) is 32.7 Å². The molecule has 11 aromatic rings. The first-order valence-corrected chi connectivity index (χ1v) is 28.1. The van der Waals surface area contributed by atoms with Gasteiger partial charge in [-0.2, -0.15) is 4.98 Å². The minimum absolute atomic E-state index is 0.0167. The summed E-state index contributed by atoms with van der Waals surface area (Å²) in [6, 6.07) is 47.5. The number of halogens is 7. The van der Waals surface area contributed by atoms with E-state index < -0.39 is 46.1 Å². The molecule has 456 valence electrons. The number of para-hydroxylation sites is 1. The van der Waals surface area contributed by atoms with E-state index in [4.69, 9.17) is 31.3 Å². The Bertz CT molecular complexity index is 4330. The molecule has 0 amide bonds. The summed E-state index contributed by atoms with van der Waals surface area (Å²) in [6.07, 6.45) is 4.38. The lowest BCUT2D eigenvalue weighted by atomic mass is 10.1. The van der Waals surface area contributed by atoms with E-state index in [1.54, 1.807) is 91.0 Å². The van der Waals surface area contributed by atoms with E-state index in [9.17, 15) is 51.0 Å². The van der Waals surface area contributed by atoms with Crippen LogP contribution in [-0.2, 0) is 25.5 Å². The van der Waals surface area contributed by atoms with Crippen molar-refractivity contribution >= 4 is 34.2 Å². The molecule has 0 saturated heterocycles. The predicted molar refractivity (Wildman–Crippen MR) is 336 cm³/mol. The third kappa shape index (κ3) is 18.3. The number of aliphatic hydroxyl groups is 2. The quantitative estimate of drug-likeness (QED) is 0.0513. The zero-order chi connectivity index (χ0) is 64.1. The number of aromatic hydroxyl groups is 1. The number of aromatic nitrogens is 6. The molecule has 5 aromatic heterocycles. The standard InChI is InChI=1S/C30H23F2N3O5.C12H9ClFNO.C12H10FNO2.C7H7IO.C5H4FNO/c1-39-24-4-3-5-25(40-2)27(24)35-28(19-8-10-20(31)11-9-19)33-29(37)23(30(35)38)16-18-6-13-22(14-7-18)34-17-21(32)12-15-26(34)36;13-7-9-1-4-11(5-2-9)15-8-10(14)3-6-12(15)16;13-10-3-6-12(16)14(7-10)11-4-1-9(8-15)2-5-11;8-7-3-1-6(5-9)2-4-7;6-4-1-2-5(8)7-3-4/h3-15,17,37H,16H2,1-2H3;1-6,8H,7H2;1-7,15H,8H2;1-4,9H,5H2;1-3H,(H,7,8). The molecule has 6 aromatic carbocycles. The maximum atomic E-state index is 14.1. The van der Waals surface area contributed by atoms with Crippen molar-refractivity contribution in [1.82, 2.24) is 28.2 Å². The van der Waals surface area contributed by atoms with Crippen LogP contribution in [0.2, 0.25) is 0 Å². The van der Waals surface area contributed by atoms with Gasteiger partial charge in [-0.1, -0.05) is 54.6 Å². The number of nitrogens with zero attached hydrogens (tertiary/aromatic N) is 5. The van der Waals surface area contributed by atoms with E-state index >= 15 is 0 Å². The highest BCUT2D eigenvalue weighted by Crippen LogP contribution is 2.35. The van der Waals surface area contributed by atoms with Crippen LogP contribution in [-0.4, -0.2) is 57.8 Å². The van der Waals surface area contributed by atoms with Gasteiger partial charge in [-0.3, -0.25) is 42.2 Å². The van der Waals surface area contributed by atoms with Gasteiger partial charge in [-0.15, -0.1) is 11.6 Å². The van der Waals surface area contributed by atoms with Gasteiger partial charge in [-0.05, 0) is 154 Å². The van der Waals surface area contributed by atoms with E-state index in [0.717, 1.165) is 82.4 Å². The van der Waals surface area contributed by atoms with E-state index in [2.05, 4.69) is 32.6 Å². The van der Waals surface area contributed by atoms with Crippen LogP contribution in [0.5, 0.6) is 17.4 Å². The van der Waals surface area contributed by atoms with Crippen molar-refractivity contribution in [2.45, 2.75) is 25.5 Å². The highest BCUT2D eigenvalue weighted by molar-refractivity contribution is 14.1. The maximum absolute atomic E-state index is 14.1. The van der Waals surface area contributed by atoms with Gasteiger partial charge in [0.25, 0.3) is 22.2 Å². The second-order valence-corrected chi connectivity index (χ2v) is 20.2. The summed E-state index contributed by atoms with van der Waals surface area (Å²) in [5.74, 6) is -1.78. The van der Waals surface area contributed by atoms with Crippen LogP contribution in [0.15, 0.2) is 237 Å². The van der Waals surface area contributed by atoms with Crippen LogP contribution < -0.4 is 37.3 Å². The summed E-state index contributed by atoms with van der Waals surface area (Å²) in [5, 5.41) is 28.4. The number of pyridine rings is 4. The van der Waals surface area contributed by atoms with Crippen molar-refractivity contribution in [3.8, 4) is 51.5 Å². The number of hydrogen-bond acceptors (Lipinski definition) is 11. The average molecular weight is 1350 g/mol. The van der Waals surface area contributed by atoms with E-state index in [1.807, 2.05) is 24.3 Å². The van der Waals surface area contributed by atoms with Gasteiger partial charge < -0.3 is 29.8 Å². The molecule has 4 N–H and O–H groups in total. The van der Waals surface area contributed by atoms with E-state index in [0.29, 0.717) is 45.6 Å². The molecule has 0 bridgehead atoms. The number of rotatable bonds is 12. The fourth-order valence-electron chi connectivity index (χ4n) is 8.21. The van der Waals surface area contributed by atoms with E-state index in [-0.39, 0.29) is 53.4 Å². The number of alkyl halides is 1. The lowest BCUT2D eigenvalue weighted by molar-refractivity contribution is 0.281. The fourth-order valence-corrected chi connectivity index (χ4v) is 8.75. The number of benzene rings is 6. The smallest absolute Gasteiger partial charge is 0.266 e. The molecule has 0 saturated carbocycles. The highest BCUT2D eigenvalue weighted by Gasteiger charge is 2.24. The Balaban J connectivity index is 0.000000187. The summed E-state index contributed by atoms with van der Waals surface area (Å²) in [6.45, 7) is 0.0786. The molecule has 0 aliphatic carbocycles. The largest absolute Gasteiger partial charge is 0.494 e. The van der Waals surface area contributed by atoms with Crippen molar-refractivity contribution in [3.05, 3.63) is 325 Å². The minimum atomic E-state index is -0.597. The average Bonchev–Trinajstić information content (AvgIpc) is 0.926. The Morgan fingerprint density at radius 2 is 0.910 bits per heavy atom. The molecule has 5 heterocycles. The zero-order valence-corrected chi connectivity index (χ0v) is 50.0. The normalized spacial score (nSPS) is 10.4. The molecular weight excluding hydrogens is 1290 g/mol. The first-order chi connectivity index (χ1) is 42.8. The van der Waals surface area contributed by atoms with Gasteiger partial charge in [0.15, 0.2) is 5.82 Å². The number of nitrogens with one attached hydrogen (secondary N) is 1. The fraction of sp³-hybridized carbons (Fsp3) is 0.0909. The van der Waals surface area contributed by atoms with Crippen molar-refractivity contribution in [1.29, 1.82) is 0 Å². The van der Waals surface area contributed by atoms with Crippen molar-refractivity contribution in [2.24, 2.45) is 0 Å². The molecule has 0 radical (unpaired) electrons. The Morgan fingerprint density at radius 3 is 1.30 bits per heavy atom. The lowest BCUT2D eigenvalue weighted by Crippen LogP contribution is -2.26. The molecular formula is C66H53ClF5IN6O10. The number of hydrogen-bond donors (Lipinski definition) is 4. The third-order valence-corrected chi connectivity index (χ3v) is 13.7. The lowest BCUT2D eigenvalue weighted by Gasteiger charge is -2.19. The highest BCUT2D eigenvalue weighted by atomic mass is 127. The van der Waals surface area contributed by atoms with Gasteiger partial charge in [0.1, 0.15) is 46.3 Å². The molecule has 11 rings (SSSR count). The maximum Gasteiger partial charge on any atom is 0.266 e. The van der Waals surface area contributed by atoms with Crippen molar-refractivity contribution in [2.75, 3.05) is 14.2 Å². The summed E-state index contributed by atoms with van der Waals surface area (Å²) in [5.41, 5.74) is 3.68.